The fourth-order valence-electron chi connectivity index (χ4n) is 6.79. The van der Waals surface area contributed by atoms with Crippen molar-refractivity contribution in [1.82, 2.24) is 10.3 Å². The molecule has 3 fully saturated rings. The molecule has 1 spiro atoms. The first kappa shape index (κ1) is 25.5. The summed E-state index contributed by atoms with van der Waals surface area (Å²) in [4.78, 5) is 17.5. The Morgan fingerprint density at radius 2 is 1.86 bits per heavy atom. The highest BCUT2D eigenvalue weighted by molar-refractivity contribution is 7.99. The van der Waals surface area contributed by atoms with Crippen molar-refractivity contribution in [2.45, 2.75) is 81.0 Å². The van der Waals surface area contributed by atoms with Crippen LogP contribution in [0.5, 0.6) is 0 Å². The van der Waals surface area contributed by atoms with Gasteiger partial charge in [-0.05, 0) is 91.8 Å². The van der Waals surface area contributed by atoms with Crippen molar-refractivity contribution in [3.05, 3.63) is 58.4 Å². The summed E-state index contributed by atoms with van der Waals surface area (Å²) in [5.74, 6) is 2.25. The summed E-state index contributed by atoms with van der Waals surface area (Å²) in [6.07, 6.45) is 10.3. The Bertz CT molecular complexity index is 1290. The maximum atomic E-state index is 14.3. The Morgan fingerprint density at radius 3 is 2.57 bits per heavy atom. The van der Waals surface area contributed by atoms with Crippen LogP contribution in [0.2, 0.25) is 5.02 Å². The van der Waals surface area contributed by atoms with Crippen LogP contribution in [0.3, 0.4) is 0 Å². The van der Waals surface area contributed by atoms with Gasteiger partial charge in [0.2, 0.25) is 10.0 Å². The molecule has 6 rings (SSSR count). The molecule has 2 aromatic rings. The first-order valence-electron chi connectivity index (χ1n) is 13.5. The third kappa shape index (κ3) is 4.57. The van der Waals surface area contributed by atoms with Crippen molar-refractivity contribution >= 4 is 45.0 Å². The third-order valence-electron chi connectivity index (χ3n) is 8.80. The monoisotopic (exact) mass is 559 g/mol. The van der Waals surface area contributed by atoms with Gasteiger partial charge in [-0.2, -0.15) is 11.8 Å². The van der Waals surface area contributed by atoms with Crippen molar-refractivity contribution < 1.29 is 13.2 Å². The second-order valence-corrected chi connectivity index (χ2v) is 14.7. The molecule has 6 nitrogen and oxygen atoms in total. The molecule has 1 aromatic heterocycles. The summed E-state index contributed by atoms with van der Waals surface area (Å²) in [7, 11) is -3.49. The van der Waals surface area contributed by atoms with Gasteiger partial charge in [0, 0.05) is 17.2 Å². The molecule has 198 valence electrons. The number of benzene rings is 1. The van der Waals surface area contributed by atoms with Gasteiger partial charge in [-0.1, -0.05) is 30.9 Å². The first-order chi connectivity index (χ1) is 17.9. The molecule has 0 bridgehead atoms. The van der Waals surface area contributed by atoms with Gasteiger partial charge in [0.1, 0.15) is 0 Å². The number of hydrogen-bond acceptors (Lipinski definition) is 5. The number of amides is 1. The molecule has 1 N–H and O–H groups in total. The number of halogens is 1. The fourth-order valence-corrected chi connectivity index (χ4v) is 10.6. The number of sulfonamides is 1. The summed E-state index contributed by atoms with van der Waals surface area (Å²) < 4.78 is 30.4. The maximum absolute atomic E-state index is 14.3. The Kier molecular flexibility index (Phi) is 6.95. The van der Waals surface area contributed by atoms with E-state index in [1.807, 2.05) is 28.2 Å². The van der Waals surface area contributed by atoms with E-state index in [0.29, 0.717) is 22.2 Å². The molecule has 1 aromatic carbocycles. The van der Waals surface area contributed by atoms with Crippen molar-refractivity contribution in [3.63, 3.8) is 0 Å². The number of anilines is 1. The van der Waals surface area contributed by atoms with Gasteiger partial charge in [-0.15, -0.1) is 0 Å². The van der Waals surface area contributed by atoms with Crippen LogP contribution >= 0.6 is 23.4 Å². The minimum absolute atomic E-state index is 0.0269. The summed E-state index contributed by atoms with van der Waals surface area (Å²) in [5.41, 5.74) is 2.85. The van der Waals surface area contributed by atoms with Crippen LogP contribution in [-0.4, -0.2) is 42.1 Å². The second kappa shape index (κ2) is 10.1. The zero-order valence-electron chi connectivity index (χ0n) is 21.0. The van der Waals surface area contributed by atoms with Gasteiger partial charge >= 0.3 is 0 Å². The molecule has 3 heterocycles. The largest absolute Gasteiger partial charge is 0.346 e. The van der Waals surface area contributed by atoms with Gasteiger partial charge < -0.3 is 5.32 Å². The smallest absolute Gasteiger partial charge is 0.251 e. The second-order valence-electron chi connectivity index (χ2n) is 11.0. The van der Waals surface area contributed by atoms with E-state index in [4.69, 9.17) is 11.6 Å². The number of thioether (sulfide) groups is 1. The average molecular weight is 560 g/mol. The van der Waals surface area contributed by atoms with E-state index in [-0.39, 0.29) is 29.2 Å². The molecule has 2 saturated carbocycles. The molecular formula is C28H34ClN3O3S2. The number of rotatable bonds is 6. The molecule has 4 aliphatic rings. The zero-order chi connectivity index (χ0) is 25.6. The van der Waals surface area contributed by atoms with E-state index in [1.165, 1.54) is 0 Å². The SMILES string of the molecule is O=C(NCc1ncccc1Cl)c1ccc2c(c1)C1(CCSCC1)C(C1CC1)N2S(=O)(=O)C1CCCCC1. The molecule has 2 aliphatic heterocycles. The maximum Gasteiger partial charge on any atom is 0.251 e. The fraction of sp³-hybridized carbons (Fsp3) is 0.571. The molecule has 37 heavy (non-hydrogen) atoms. The summed E-state index contributed by atoms with van der Waals surface area (Å²) >= 11 is 8.18. The first-order valence-corrected chi connectivity index (χ1v) is 16.6. The van der Waals surface area contributed by atoms with Crippen LogP contribution in [-0.2, 0) is 22.0 Å². The molecule has 1 unspecified atom stereocenters. The normalized spacial score (nSPS) is 23.7. The minimum Gasteiger partial charge on any atom is -0.346 e. The average Bonchev–Trinajstić information content (AvgIpc) is 3.73. The Labute approximate surface area is 229 Å². The van der Waals surface area contributed by atoms with Crippen LogP contribution in [0, 0.1) is 5.92 Å². The molecule has 1 atom stereocenters. The highest BCUT2D eigenvalue weighted by atomic mass is 35.5. The summed E-state index contributed by atoms with van der Waals surface area (Å²) in [5, 5.41) is 3.18. The van der Waals surface area contributed by atoms with Gasteiger partial charge in [0.25, 0.3) is 5.91 Å². The van der Waals surface area contributed by atoms with Crippen LogP contribution < -0.4 is 9.62 Å². The summed E-state index contributed by atoms with van der Waals surface area (Å²) in [6.45, 7) is 0.240. The lowest BCUT2D eigenvalue weighted by Crippen LogP contribution is -2.52. The minimum atomic E-state index is -3.49. The lowest BCUT2D eigenvalue weighted by molar-refractivity contribution is 0.0950. The highest BCUT2D eigenvalue weighted by Crippen LogP contribution is 2.59. The van der Waals surface area contributed by atoms with Gasteiger partial charge in [0.15, 0.2) is 0 Å². The van der Waals surface area contributed by atoms with E-state index >= 15 is 0 Å². The Hall–Kier alpha value is -1.77. The number of hydrogen-bond donors (Lipinski definition) is 1. The zero-order valence-corrected chi connectivity index (χ0v) is 23.4. The quantitative estimate of drug-likeness (QED) is 0.492. The Morgan fingerprint density at radius 1 is 1.11 bits per heavy atom. The van der Waals surface area contributed by atoms with Crippen LogP contribution in [0.15, 0.2) is 36.5 Å². The van der Waals surface area contributed by atoms with Crippen LogP contribution in [0.25, 0.3) is 0 Å². The van der Waals surface area contributed by atoms with E-state index < -0.39 is 10.0 Å². The van der Waals surface area contributed by atoms with Gasteiger partial charge in [0.05, 0.1) is 34.2 Å². The van der Waals surface area contributed by atoms with Crippen LogP contribution in [0.4, 0.5) is 5.69 Å². The Balaban J connectivity index is 1.38. The molecular weight excluding hydrogens is 526 g/mol. The van der Waals surface area contributed by atoms with Crippen molar-refractivity contribution in [1.29, 1.82) is 0 Å². The summed E-state index contributed by atoms with van der Waals surface area (Å²) in [6, 6.07) is 9.19. The standard InChI is InChI=1S/C28H34ClN3O3S2/c29-23-7-4-14-30-24(23)18-31-27(33)20-10-11-25-22(17-20)28(12-15-36-16-13-28)26(19-8-9-19)32(25)37(34,35)21-5-2-1-3-6-21/h4,7,10-11,14,17,19,21,26H,1-3,5-6,8-9,12-13,15-16,18H2,(H,31,33). The number of pyridine rings is 1. The van der Waals surface area contributed by atoms with Crippen molar-refractivity contribution in [2.75, 3.05) is 15.8 Å². The van der Waals surface area contributed by atoms with E-state index in [2.05, 4.69) is 10.3 Å². The number of fused-ring (bicyclic) bond motifs is 2. The lowest BCUT2D eigenvalue weighted by Gasteiger charge is -2.42. The molecule has 1 saturated heterocycles. The van der Waals surface area contributed by atoms with E-state index in [1.54, 1.807) is 24.4 Å². The number of carbonyl (C=O) groups is 1. The van der Waals surface area contributed by atoms with Crippen molar-refractivity contribution in [3.8, 4) is 0 Å². The molecule has 2 aliphatic carbocycles. The number of nitrogens with one attached hydrogen (secondary N) is 1. The topological polar surface area (TPSA) is 79.4 Å². The number of nitrogens with zero attached hydrogens (tertiary/aromatic N) is 2. The molecule has 9 heteroatoms. The van der Waals surface area contributed by atoms with Gasteiger partial charge in [-0.25, -0.2) is 8.42 Å². The van der Waals surface area contributed by atoms with Crippen molar-refractivity contribution in [2.24, 2.45) is 5.92 Å². The number of aromatic nitrogens is 1. The van der Waals surface area contributed by atoms with Crippen LogP contribution in [0.1, 0.15) is 79.4 Å². The molecule has 1 amide bonds. The highest BCUT2D eigenvalue weighted by Gasteiger charge is 2.60. The predicted molar refractivity (Wildman–Crippen MR) is 150 cm³/mol. The molecule has 0 radical (unpaired) electrons. The van der Waals surface area contributed by atoms with Gasteiger partial charge in [-0.3, -0.25) is 14.1 Å². The predicted octanol–water partition coefficient (Wildman–Crippen LogP) is 5.69. The lowest BCUT2D eigenvalue weighted by atomic mass is 9.70. The third-order valence-corrected chi connectivity index (χ3v) is 12.4. The number of carbonyl (C=O) groups excluding carboxylic acids is 1. The van der Waals surface area contributed by atoms with E-state index in [0.717, 1.165) is 80.5 Å². The van der Waals surface area contributed by atoms with E-state index in [9.17, 15) is 13.2 Å².